The maximum atomic E-state index is 12.2. The topological polar surface area (TPSA) is 112 Å². The molecule has 0 saturated carbocycles. The van der Waals surface area contributed by atoms with Gasteiger partial charge in [-0.25, -0.2) is 4.79 Å². The van der Waals surface area contributed by atoms with E-state index in [1.54, 1.807) is 0 Å². The van der Waals surface area contributed by atoms with Gasteiger partial charge >= 0.3 is 11.9 Å². The number of nitro groups is 1. The quantitative estimate of drug-likeness (QED) is 0.306. The summed E-state index contributed by atoms with van der Waals surface area (Å²) in [6.45, 7) is 3.95. The van der Waals surface area contributed by atoms with Crippen LogP contribution in [0, 0.1) is 10.1 Å². The second kappa shape index (κ2) is 10.1. The molecule has 0 aliphatic rings. The van der Waals surface area contributed by atoms with E-state index in [1.165, 1.54) is 25.1 Å². The lowest BCUT2D eigenvalue weighted by Gasteiger charge is -2.18. The lowest BCUT2D eigenvalue weighted by Crippen LogP contribution is -2.37. The van der Waals surface area contributed by atoms with Gasteiger partial charge < -0.3 is 14.5 Å². The normalized spacial score (nSPS) is 13.1. The Morgan fingerprint density at radius 3 is 2.57 bits per heavy atom. The molecule has 1 amide bonds. The van der Waals surface area contributed by atoms with Crippen LogP contribution in [-0.2, 0) is 14.3 Å². The second-order valence-corrected chi connectivity index (χ2v) is 6.11. The van der Waals surface area contributed by atoms with Crippen molar-refractivity contribution in [3.63, 3.8) is 0 Å². The molecule has 28 heavy (non-hydrogen) atoms. The molecule has 0 radical (unpaired) electrons. The van der Waals surface area contributed by atoms with Crippen LogP contribution in [0.2, 0.25) is 0 Å². The molecule has 1 aromatic carbocycles. The van der Waals surface area contributed by atoms with Gasteiger partial charge in [0.05, 0.1) is 6.07 Å². The number of nitrogens with one attached hydrogen (secondary N) is 1. The fourth-order valence-electron chi connectivity index (χ4n) is 2.54. The van der Waals surface area contributed by atoms with Crippen LogP contribution < -0.4 is 5.32 Å². The Morgan fingerprint density at radius 2 is 1.96 bits per heavy atom. The van der Waals surface area contributed by atoms with E-state index in [2.05, 4.69) is 5.32 Å². The van der Waals surface area contributed by atoms with E-state index in [9.17, 15) is 19.7 Å². The fraction of sp³-hybridized carbons (Fsp3) is 0.300. The Hall–Kier alpha value is -3.42. The highest BCUT2D eigenvalue weighted by Crippen LogP contribution is 2.18. The maximum Gasteiger partial charge on any atom is 0.433 e. The minimum absolute atomic E-state index is 0.134. The average Bonchev–Trinajstić information content (AvgIpc) is 3.17. The summed E-state index contributed by atoms with van der Waals surface area (Å²) >= 11 is 0. The maximum absolute atomic E-state index is 12.2. The van der Waals surface area contributed by atoms with Crippen molar-refractivity contribution in [3.05, 3.63) is 70.0 Å². The zero-order valence-corrected chi connectivity index (χ0v) is 15.7. The van der Waals surface area contributed by atoms with Crippen LogP contribution in [0.1, 0.15) is 37.5 Å². The van der Waals surface area contributed by atoms with Crippen LogP contribution in [0.5, 0.6) is 0 Å². The molecule has 8 heteroatoms. The van der Waals surface area contributed by atoms with E-state index in [0.717, 1.165) is 18.1 Å². The van der Waals surface area contributed by atoms with Crippen molar-refractivity contribution in [3.8, 4) is 0 Å². The summed E-state index contributed by atoms with van der Waals surface area (Å²) in [4.78, 5) is 33.9. The highest BCUT2D eigenvalue weighted by molar-refractivity contribution is 5.90. The number of ether oxygens (including phenoxy) is 1. The molecular formula is C20H22N2O6. The third-order valence-electron chi connectivity index (χ3n) is 4.12. The number of carbonyl (C=O) groups is 2. The molecule has 0 saturated heterocycles. The smallest absolute Gasteiger partial charge is 0.433 e. The first-order valence-corrected chi connectivity index (χ1v) is 8.86. The summed E-state index contributed by atoms with van der Waals surface area (Å²) in [6.07, 6.45) is 2.17. The van der Waals surface area contributed by atoms with Gasteiger partial charge in [0, 0.05) is 18.5 Å². The average molecular weight is 386 g/mol. The van der Waals surface area contributed by atoms with Gasteiger partial charge in [0.25, 0.3) is 5.91 Å². The summed E-state index contributed by atoms with van der Waals surface area (Å²) in [6, 6.07) is 12.4. The number of rotatable bonds is 9. The second-order valence-electron chi connectivity index (χ2n) is 6.11. The van der Waals surface area contributed by atoms with Gasteiger partial charge in [-0.05, 0) is 31.1 Å². The molecule has 8 nitrogen and oxygen atoms in total. The Labute approximate surface area is 162 Å². The molecule has 2 atom stereocenters. The van der Waals surface area contributed by atoms with Crippen LogP contribution >= 0.6 is 0 Å². The van der Waals surface area contributed by atoms with Crippen LogP contribution in [0.25, 0.3) is 6.08 Å². The number of carbonyl (C=O) groups excluding carboxylic acids is 2. The molecule has 1 heterocycles. The molecule has 2 rings (SSSR count). The number of hydrogen-bond acceptors (Lipinski definition) is 6. The van der Waals surface area contributed by atoms with Gasteiger partial charge in [0.2, 0.25) is 0 Å². The third kappa shape index (κ3) is 6.08. The first kappa shape index (κ1) is 20.9. The summed E-state index contributed by atoms with van der Waals surface area (Å²) in [5.41, 5.74) is 1.13. The van der Waals surface area contributed by atoms with Gasteiger partial charge in [0.1, 0.15) is 10.7 Å². The van der Waals surface area contributed by atoms with Crippen molar-refractivity contribution < 1.29 is 23.7 Å². The Bertz CT molecular complexity index is 843. The molecule has 148 valence electrons. The summed E-state index contributed by atoms with van der Waals surface area (Å²) in [5, 5.41) is 13.3. The SMILES string of the molecule is CC[C@H](CNC(=O)[C@H](C)OC(=O)/C=C/c1ccc([N+](=O)[O-])o1)c1ccccc1. The van der Waals surface area contributed by atoms with Crippen molar-refractivity contribution in [1.82, 2.24) is 5.32 Å². The lowest BCUT2D eigenvalue weighted by atomic mass is 9.96. The van der Waals surface area contributed by atoms with Gasteiger partial charge in [0.15, 0.2) is 6.10 Å². The lowest BCUT2D eigenvalue weighted by molar-refractivity contribution is -0.402. The first-order valence-electron chi connectivity index (χ1n) is 8.86. The molecule has 2 aromatic rings. The summed E-state index contributed by atoms with van der Waals surface area (Å²) < 4.78 is 9.94. The molecule has 0 bridgehead atoms. The third-order valence-corrected chi connectivity index (χ3v) is 4.12. The molecule has 1 aromatic heterocycles. The minimum atomic E-state index is -0.976. The fourth-order valence-corrected chi connectivity index (χ4v) is 2.54. The van der Waals surface area contributed by atoms with Crippen LogP contribution in [0.4, 0.5) is 5.88 Å². The number of nitrogens with zero attached hydrogens (tertiary/aromatic N) is 1. The number of esters is 1. The van der Waals surface area contributed by atoms with Crippen LogP contribution in [0.15, 0.2) is 53.0 Å². The van der Waals surface area contributed by atoms with E-state index in [0.29, 0.717) is 6.54 Å². The van der Waals surface area contributed by atoms with Crippen molar-refractivity contribution in [2.75, 3.05) is 6.54 Å². The monoisotopic (exact) mass is 386 g/mol. The summed E-state index contributed by atoms with van der Waals surface area (Å²) in [5.74, 6) is -1.27. The molecule has 0 aliphatic carbocycles. The highest BCUT2D eigenvalue weighted by Gasteiger charge is 2.18. The molecule has 0 fully saturated rings. The Kier molecular flexibility index (Phi) is 7.50. The van der Waals surface area contributed by atoms with Crippen LogP contribution in [-0.4, -0.2) is 29.4 Å². The Morgan fingerprint density at radius 1 is 1.25 bits per heavy atom. The van der Waals surface area contributed by atoms with Gasteiger partial charge in [-0.1, -0.05) is 37.3 Å². The summed E-state index contributed by atoms with van der Waals surface area (Å²) in [7, 11) is 0. The molecule has 0 spiro atoms. The zero-order chi connectivity index (χ0) is 20.5. The molecule has 1 N–H and O–H groups in total. The predicted octanol–water partition coefficient (Wildman–Crippen LogP) is 3.44. The first-order chi connectivity index (χ1) is 13.4. The van der Waals surface area contributed by atoms with E-state index in [4.69, 9.17) is 9.15 Å². The van der Waals surface area contributed by atoms with Gasteiger partial charge in [-0.3, -0.25) is 14.9 Å². The number of furan rings is 1. The van der Waals surface area contributed by atoms with E-state index < -0.39 is 28.8 Å². The van der Waals surface area contributed by atoms with Gasteiger partial charge in [-0.2, -0.15) is 0 Å². The van der Waals surface area contributed by atoms with E-state index in [-0.39, 0.29) is 11.7 Å². The minimum Gasteiger partial charge on any atom is -0.449 e. The van der Waals surface area contributed by atoms with E-state index in [1.807, 2.05) is 37.3 Å². The largest absolute Gasteiger partial charge is 0.449 e. The molecule has 0 unspecified atom stereocenters. The van der Waals surface area contributed by atoms with Crippen molar-refractivity contribution in [2.24, 2.45) is 0 Å². The molecular weight excluding hydrogens is 364 g/mol. The van der Waals surface area contributed by atoms with Crippen molar-refractivity contribution >= 4 is 23.8 Å². The highest BCUT2D eigenvalue weighted by atomic mass is 16.6. The van der Waals surface area contributed by atoms with E-state index >= 15 is 0 Å². The number of benzene rings is 1. The predicted molar refractivity (Wildman–Crippen MR) is 102 cm³/mol. The van der Waals surface area contributed by atoms with Crippen molar-refractivity contribution in [1.29, 1.82) is 0 Å². The standard InChI is InChI=1S/C20H22N2O6/c1-3-15(16-7-5-4-6-8-16)13-21-20(24)14(2)27-19(23)12-10-17-9-11-18(28-17)22(25)26/h4-12,14-15H,3,13H2,1-2H3,(H,21,24)/b12-10+/t14-,15+/m0/s1. The Balaban J connectivity index is 1.82. The van der Waals surface area contributed by atoms with Crippen LogP contribution in [0.3, 0.4) is 0 Å². The van der Waals surface area contributed by atoms with Gasteiger partial charge in [-0.15, -0.1) is 0 Å². The number of hydrogen-bond donors (Lipinski definition) is 1. The zero-order valence-electron chi connectivity index (χ0n) is 15.7. The number of amides is 1. The van der Waals surface area contributed by atoms with Crippen molar-refractivity contribution in [2.45, 2.75) is 32.3 Å². The molecule has 0 aliphatic heterocycles.